The van der Waals surface area contributed by atoms with E-state index in [1.165, 1.54) is 43.3 Å². The van der Waals surface area contributed by atoms with E-state index in [2.05, 4.69) is 10.0 Å². The van der Waals surface area contributed by atoms with Crippen molar-refractivity contribution >= 4 is 38.9 Å². The number of halogens is 1. The van der Waals surface area contributed by atoms with Crippen molar-refractivity contribution in [3.8, 4) is 5.75 Å². The number of nitro groups is 1. The molecule has 11 heteroatoms. The molecule has 0 heterocycles. The quantitative estimate of drug-likeness (QED) is 0.454. The molecule has 2 aromatic rings. The summed E-state index contributed by atoms with van der Waals surface area (Å²) in [6.07, 6.45) is 0.646. The number of amides is 1. The zero-order chi connectivity index (χ0) is 21.6. The van der Waals surface area contributed by atoms with Crippen LogP contribution in [-0.4, -0.2) is 32.4 Å². The number of nitro benzene ring substituents is 1. The van der Waals surface area contributed by atoms with E-state index < -0.39 is 27.5 Å². The molecule has 0 aliphatic carbocycles. The van der Waals surface area contributed by atoms with Gasteiger partial charge in [-0.1, -0.05) is 24.6 Å². The monoisotopic (exact) mass is 441 g/mol. The van der Waals surface area contributed by atoms with Gasteiger partial charge in [-0.3, -0.25) is 14.9 Å². The maximum absolute atomic E-state index is 12.1. The topological polar surface area (TPSA) is 128 Å². The van der Waals surface area contributed by atoms with Gasteiger partial charge in [0.15, 0.2) is 6.61 Å². The molecule has 156 valence electrons. The average Bonchev–Trinajstić information content (AvgIpc) is 2.66. The number of hydrogen-bond acceptors (Lipinski definition) is 6. The predicted molar refractivity (Wildman–Crippen MR) is 109 cm³/mol. The molecule has 0 unspecified atom stereocenters. The lowest BCUT2D eigenvalue weighted by atomic mass is 10.1. The molecule has 0 bridgehead atoms. The Morgan fingerprint density at radius 3 is 2.62 bits per heavy atom. The largest absolute Gasteiger partial charge is 0.482 e. The van der Waals surface area contributed by atoms with E-state index in [4.69, 9.17) is 16.3 Å². The van der Waals surface area contributed by atoms with Gasteiger partial charge in [-0.2, -0.15) is 0 Å². The fourth-order valence-corrected chi connectivity index (χ4v) is 3.83. The third kappa shape index (κ3) is 5.89. The molecular weight excluding hydrogens is 422 g/mol. The Hall–Kier alpha value is -2.69. The van der Waals surface area contributed by atoms with Crippen LogP contribution in [0.2, 0.25) is 5.02 Å². The van der Waals surface area contributed by atoms with Crippen molar-refractivity contribution in [2.75, 3.05) is 18.5 Å². The maximum Gasteiger partial charge on any atom is 0.274 e. The van der Waals surface area contributed by atoms with Gasteiger partial charge >= 0.3 is 0 Å². The Morgan fingerprint density at radius 1 is 1.28 bits per heavy atom. The maximum atomic E-state index is 12.1. The van der Waals surface area contributed by atoms with Crippen LogP contribution in [0.4, 0.5) is 11.4 Å². The summed E-state index contributed by atoms with van der Waals surface area (Å²) < 4.78 is 32.0. The van der Waals surface area contributed by atoms with Crippen LogP contribution in [0, 0.1) is 17.0 Å². The van der Waals surface area contributed by atoms with Crippen molar-refractivity contribution in [3.63, 3.8) is 0 Å². The zero-order valence-corrected chi connectivity index (χ0v) is 17.3. The smallest absolute Gasteiger partial charge is 0.274 e. The summed E-state index contributed by atoms with van der Waals surface area (Å²) in [6, 6.07) is 8.25. The summed E-state index contributed by atoms with van der Waals surface area (Å²) >= 11 is 6.07. The molecule has 0 aliphatic rings. The molecular formula is C18H20ClN3O6S. The Balaban J connectivity index is 2.04. The normalized spacial score (nSPS) is 11.1. The highest BCUT2D eigenvalue weighted by Gasteiger charge is 2.17. The summed E-state index contributed by atoms with van der Waals surface area (Å²) in [7, 11) is -3.67. The second kappa shape index (κ2) is 9.68. The van der Waals surface area contributed by atoms with Crippen LogP contribution < -0.4 is 14.8 Å². The second-order valence-electron chi connectivity index (χ2n) is 6.03. The minimum Gasteiger partial charge on any atom is -0.482 e. The first-order chi connectivity index (χ1) is 13.7. The molecule has 2 N–H and O–H groups in total. The van der Waals surface area contributed by atoms with Crippen LogP contribution in [0.5, 0.6) is 5.75 Å². The van der Waals surface area contributed by atoms with Crippen molar-refractivity contribution in [1.29, 1.82) is 0 Å². The highest BCUT2D eigenvalue weighted by Crippen LogP contribution is 2.28. The summed E-state index contributed by atoms with van der Waals surface area (Å²) in [4.78, 5) is 22.5. The molecule has 0 aliphatic heterocycles. The highest BCUT2D eigenvalue weighted by atomic mass is 35.5. The van der Waals surface area contributed by atoms with Gasteiger partial charge in [-0.05, 0) is 37.6 Å². The second-order valence-corrected chi connectivity index (χ2v) is 8.21. The van der Waals surface area contributed by atoms with E-state index >= 15 is 0 Å². The molecule has 0 aromatic heterocycles. The molecule has 0 spiro atoms. The lowest BCUT2D eigenvalue weighted by molar-refractivity contribution is -0.385. The number of nitrogens with zero attached hydrogens (tertiary/aromatic N) is 1. The Kier molecular flexibility index (Phi) is 7.54. The molecule has 0 saturated carbocycles. The number of nitrogens with one attached hydrogen (secondary N) is 2. The Labute approximate surface area is 173 Å². The van der Waals surface area contributed by atoms with Gasteiger partial charge in [-0.15, -0.1) is 0 Å². The first kappa shape index (κ1) is 22.6. The van der Waals surface area contributed by atoms with E-state index in [-0.39, 0.29) is 21.4 Å². The van der Waals surface area contributed by atoms with E-state index in [9.17, 15) is 23.3 Å². The van der Waals surface area contributed by atoms with Gasteiger partial charge < -0.3 is 10.1 Å². The van der Waals surface area contributed by atoms with Crippen molar-refractivity contribution in [2.45, 2.75) is 25.2 Å². The number of ether oxygens (including phenoxy) is 1. The van der Waals surface area contributed by atoms with Gasteiger partial charge in [0.05, 0.1) is 26.1 Å². The van der Waals surface area contributed by atoms with Crippen LogP contribution in [0.3, 0.4) is 0 Å². The van der Waals surface area contributed by atoms with Crippen molar-refractivity contribution in [2.24, 2.45) is 0 Å². The zero-order valence-electron chi connectivity index (χ0n) is 15.8. The summed E-state index contributed by atoms with van der Waals surface area (Å²) in [5.41, 5.74) is 0.501. The molecule has 2 aromatic carbocycles. The summed E-state index contributed by atoms with van der Waals surface area (Å²) in [5.74, 6) is -0.419. The number of carbonyl (C=O) groups excluding carboxylic acids is 1. The summed E-state index contributed by atoms with van der Waals surface area (Å²) in [6.45, 7) is 3.25. The lowest BCUT2D eigenvalue weighted by Crippen LogP contribution is -2.24. The number of benzene rings is 2. The van der Waals surface area contributed by atoms with Gasteiger partial charge in [0.2, 0.25) is 10.0 Å². The van der Waals surface area contributed by atoms with Crippen LogP contribution in [0.15, 0.2) is 41.3 Å². The van der Waals surface area contributed by atoms with Gasteiger partial charge in [0.25, 0.3) is 11.6 Å². The average molecular weight is 442 g/mol. The Bertz CT molecular complexity index is 1030. The highest BCUT2D eigenvalue weighted by molar-refractivity contribution is 7.89. The van der Waals surface area contributed by atoms with Crippen molar-refractivity contribution in [1.82, 2.24) is 4.72 Å². The molecule has 0 radical (unpaired) electrons. The third-order valence-electron chi connectivity index (χ3n) is 3.89. The molecule has 0 atom stereocenters. The Morgan fingerprint density at radius 2 is 2.00 bits per heavy atom. The van der Waals surface area contributed by atoms with Crippen LogP contribution in [0.25, 0.3) is 0 Å². The molecule has 1 amide bonds. The van der Waals surface area contributed by atoms with Gasteiger partial charge in [-0.25, -0.2) is 13.1 Å². The van der Waals surface area contributed by atoms with E-state index in [1.54, 1.807) is 0 Å². The van der Waals surface area contributed by atoms with E-state index in [0.29, 0.717) is 24.2 Å². The SMILES string of the molecule is CCCNS(=O)(=O)c1ccc(OCC(=O)Nc2cccc([N+](=O)[O-])c2C)c(Cl)c1. The fourth-order valence-electron chi connectivity index (χ4n) is 2.37. The number of rotatable bonds is 9. The van der Waals surface area contributed by atoms with Gasteiger partial charge in [0, 0.05) is 12.6 Å². The third-order valence-corrected chi connectivity index (χ3v) is 5.64. The molecule has 0 fully saturated rings. The number of sulfonamides is 1. The van der Waals surface area contributed by atoms with E-state index in [0.717, 1.165) is 0 Å². The predicted octanol–water partition coefficient (Wildman–Crippen LogP) is 3.26. The lowest BCUT2D eigenvalue weighted by Gasteiger charge is -2.12. The summed E-state index contributed by atoms with van der Waals surface area (Å²) in [5, 5.41) is 13.5. The van der Waals surface area contributed by atoms with E-state index in [1.807, 2.05) is 6.92 Å². The standard InChI is InChI=1S/C18H20ClN3O6S/c1-3-9-20-29(26,27)13-7-8-17(14(19)10-13)28-11-18(23)21-15-5-4-6-16(12(15)2)22(24)25/h4-8,10,20H,3,9,11H2,1-2H3,(H,21,23). The number of carbonyl (C=O) groups is 1. The van der Waals surface area contributed by atoms with Crippen LogP contribution >= 0.6 is 11.6 Å². The minimum absolute atomic E-state index is 0.0139. The first-order valence-corrected chi connectivity index (χ1v) is 10.5. The van der Waals surface area contributed by atoms with Crippen molar-refractivity contribution < 1.29 is 22.9 Å². The number of anilines is 1. The molecule has 0 saturated heterocycles. The first-order valence-electron chi connectivity index (χ1n) is 8.61. The molecule has 2 rings (SSSR count). The molecule has 9 nitrogen and oxygen atoms in total. The fraction of sp³-hybridized carbons (Fsp3) is 0.278. The number of hydrogen-bond donors (Lipinski definition) is 2. The molecule has 29 heavy (non-hydrogen) atoms. The van der Waals surface area contributed by atoms with Crippen LogP contribution in [0.1, 0.15) is 18.9 Å². The van der Waals surface area contributed by atoms with Crippen LogP contribution in [-0.2, 0) is 14.8 Å². The van der Waals surface area contributed by atoms with Crippen molar-refractivity contribution in [3.05, 3.63) is 57.1 Å². The van der Waals surface area contributed by atoms with Gasteiger partial charge in [0.1, 0.15) is 5.75 Å². The minimum atomic E-state index is -3.67.